The summed E-state index contributed by atoms with van der Waals surface area (Å²) in [7, 11) is 0. The fourth-order valence-corrected chi connectivity index (χ4v) is 3.96. The van der Waals surface area contributed by atoms with Gasteiger partial charge in [-0.2, -0.15) is 0 Å². The standard InChI is InChI=1S/C29H33ClN2O5/c1-2-36-27(28(33)34)21-23-10-16-26(17-11-23)37-20-18-31-29(35)32(25-14-12-24(30)13-15-25)19-6-9-22-7-4-3-5-8-22/h3-5,7-8,10-17,27H,2,6,9,18-21H2,1H3,(H,31,35)(H,33,34). The maximum atomic E-state index is 13.0. The average Bonchev–Trinajstić information content (AvgIpc) is 2.91. The van der Waals surface area contributed by atoms with Gasteiger partial charge in [0.05, 0.1) is 6.54 Å². The van der Waals surface area contributed by atoms with Crippen LogP contribution in [0.25, 0.3) is 0 Å². The summed E-state index contributed by atoms with van der Waals surface area (Å²) in [5.74, 6) is -0.343. The quantitative estimate of drug-likeness (QED) is 0.268. The van der Waals surface area contributed by atoms with Crippen LogP contribution < -0.4 is 15.0 Å². The lowest BCUT2D eigenvalue weighted by molar-refractivity contribution is -0.149. The number of carbonyl (C=O) groups excluding carboxylic acids is 1. The molecule has 0 saturated heterocycles. The van der Waals surface area contributed by atoms with Crippen molar-refractivity contribution < 1.29 is 24.2 Å². The molecule has 2 N–H and O–H groups in total. The number of ether oxygens (including phenoxy) is 2. The lowest BCUT2D eigenvalue weighted by Gasteiger charge is -2.23. The molecule has 0 fully saturated rings. The highest BCUT2D eigenvalue weighted by molar-refractivity contribution is 6.30. The molecule has 37 heavy (non-hydrogen) atoms. The number of amides is 2. The molecule has 3 aromatic rings. The van der Waals surface area contributed by atoms with Gasteiger partial charge in [0.2, 0.25) is 0 Å². The van der Waals surface area contributed by atoms with E-state index in [0.29, 0.717) is 37.1 Å². The molecule has 3 aromatic carbocycles. The van der Waals surface area contributed by atoms with Gasteiger partial charge in [-0.1, -0.05) is 54.1 Å². The van der Waals surface area contributed by atoms with Crippen molar-refractivity contribution in [1.82, 2.24) is 5.32 Å². The predicted molar refractivity (Wildman–Crippen MR) is 146 cm³/mol. The molecule has 8 heteroatoms. The molecule has 1 atom stereocenters. The molecule has 0 radical (unpaired) electrons. The van der Waals surface area contributed by atoms with Crippen molar-refractivity contribution in [3.63, 3.8) is 0 Å². The molecule has 0 aromatic heterocycles. The Morgan fingerprint density at radius 3 is 2.32 bits per heavy atom. The van der Waals surface area contributed by atoms with Crippen molar-refractivity contribution in [3.8, 4) is 5.75 Å². The second kappa shape index (κ2) is 14.9. The molecular weight excluding hydrogens is 492 g/mol. The molecule has 0 aliphatic heterocycles. The molecule has 1 unspecified atom stereocenters. The van der Waals surface area contributed by atoms with Gasteiger partial charge in [-0.25, -0.2) is 9.59 Å². The maximum absolute atomic E-state index is 13.0. The van der Waals surface area contributed by atoms with Crippen LogP contribution in [0.2, 0.25) is 5.02 Å². The van der Waals surface area contributed by atoms with Crippen LogP contribution in [0.15, 0.2) is 78.9 Å². The van der Waals surface area contributed by atoms with Gasteiger partial charge in [0.25, 0.3) is 0 Å². The minimum Gasteiger partial charge on any atom is -0.492 e. The number of carboxylic acid groups (broad SMARTS) is 1. The number of aryl methyl sites for hydroxylation is 1. The number of carbonyl (C=O) groups is 2. The molecule has 0 bridgehead atoms. The van der Waals surface area contributed by atoms with Gasteiger partial charge >= 0.3 is 12.0 Å². The summed E-state index contributed by atoms with van der Waals surface area (Å²) in [4.78, 5) is 26.0. The number of hydrogen-bond donors (Lipinski definition) is 2. The van der Waals surface area contributed by atoms with Crippen LogP contribution in [0.1, 0.15) is 24.5 Å². The third-order valence-corrected chi connectivity index (χ3v) is 5.96. The number of carboxylic acids is 1. The van der Waals surface area contributed by atoms with Crippen LogP contribution >= 0.6 is 11.6 Å². The van der Waals surface area contributed by atoms with Crippen LogP contribution in [0.4, 0.5) is 10.5 Å². The first-order chi connectivity index (χ1) is 18.0. The molecular formula is C29H33ClN2O5. The highest BCUT2D eigenvalue weighted by Crippen LogP contribution is 2.19. The van der Waals surface area contributed by atoms with Gasteiger partial charge < -0.3 is 19.9 Å². The Morgan fingerprint density at radius 1 is 0.973 bits per heavy atom. The van der Waals surface area contributed by atoms with Gasteiger partial charge in [-0.15, -0.1) is 0 Å². The first kappa shape index (κ1) is 28.0. The molecule has 2 amide bonds. The van der Waals surface area contributed by atoms with E-state index in [9.17, 15) is 14.7 Å². The fraction of sp³-hybridized carbons (Fsp3) is 0.310. The van der Waals surface area contributed by atoms with E-state index < -0.39 is 12.1 Å². The van der Waals surface area contributed by atoms with E-state index in [1.807, 2.05) is 42.5 Å². The Morgan fingerprint density at radius 2 is 1.68 bits per heavy atom. The summed E-state index contributed by atoms with van der Waals surface area (Å²) in [5.41, 5.74) is 2.85. The Hall–Kier alpha value is -3.55. The van der Waals surface area contributed by atoms with Gasteiger partial charge in [0.1, 0.15) is 12.4 Å². The molecule has 7 nitrogen and oxygen atoms in total. The number of nitrogens with one attached hydrogen (secondary N) is 1. The van der Waals surface area contributed by atoms with E-state index in [1.54, 1.807) is 36.1 Å². The number of aliphatic carboxylic acids is 1. The Kier molecular flexibility index (Phi) is 11.3. The number of nitrogens with zero attached hydrogens (tertiary/aromatic N) is 1. The zero-order valence-corrected chi connectivity index (χ0v) is 21.7. The van der Waals surface area contributed by atoms with E-state index in [4.69, 9.17) is 21.1 Å². The Labute approximate surface area is 223 Å². The zero-order chi connectivity index (χ0) is 26.5. The van der Waals surface area contributed by atoms with E-state index in [-0.39, 0.29) is 12.5 Å². The molecule has 0 spiro atoms. The summed E-state index contributed by atoms with van der Waals surface area (Å²) in [5, 5.41) is 12.8. The largest absolute Gasteiger partial charge is 0.492 e. The first-order valence-electron chi connectivity index (χ1n) is 12.4. The van der Waals surface area contributed by atoms with Crippen LogP contribution in [0.5, 0.6) is 5.75 Å². The molecule has 0 aliphatic rings. The van der Waals surface area contributed by atoms with Crippen molar-refractivity contribution >= 4 is 29.3 Å². The Bertz CT molecular complexity index is 1110. The summed E-state index contributed by atoms with van der Waals surface area (Å²) in [6, 6.07) is 24.4. The van der Waals surface area contributed by atoms with Gasteiger partial charge in [0.15, 0.2) is 6.10 Å². The van der Waals surface area contributed by atoms with E-state index >= 15 is 0 Å². The minimum absolute atomic E-state index is 0.204. The van der Waals surface area contributed by atoms with Crippen molar-refractivity contribution in [3.05, 3.63) is 95.0 Å². The lowest BCUT2D eigenvalue weighted by atomic mass is 10.1. The summed E-state index contributed by atoms with van der Waals surface area (Å²) in [6.45, 7) is 3.29. The molecule has 0 saturated carbocycles. The minimum atomic E-state index is -0.981. The van der Waals surface area contributed by atoms with Gasteiger partial charge in [-0.05, 0) is 67.3 Å². The van der Waals surface area contributed by atoms with E-state index in [2.05, 4.69) is 17.4 Å². The van der Waals surface area contributed by atoms with Crippen molar-refractivity contribution in [1.29, 1.82) is 0 Å². The second-order valence-electron chi connectivity index (χ2n) is 8.43. The normalized spacial score (nSPS) is 11.5. The summed E-state index contributed by atoms with van der Waals surface area (Å²) < 4.78 is 11.0. The number of rotatable bonds is 14. The van der Waals surface area contributed by atoms with Gasteiger partial charge in [0, 0.05) is 30.3 Å². The fourth-order valence-electron chi connectivity index (χ4n) is 3.83. The lowest BCUT2D eigenvalue weighted by Crippen LogP contribution is -2.42. The van der Waals surface area contributed by atoms with Crippen LogP contribution in [-0.2, 0) is 22.4 Å². The highest BCUT2D eigenvalue weighted by atomic mass is 35.5. The number of anilines is 1. The molecule has 0 aliphatic carbocycles. The number of benzene rings is 3. The molecule has 196 valence electrons. The predicted octanol–water partition coefficient (Wildman–Crippen LogP) is 5.60. The zero-order valence-electron chi connectivity index (χ0n) is 20.9. The summed E-state index contributed by atoms with van der Waals surface area (Å²) in [6.07, 6.45) is 1.09. The SMILES string of the molecule is CCOC(Cc1ccc(OCCNC(=O)N(CCCc2ccccc2)c2ccc(Cl)cc2)cc1)C(=O)O. The van der Waals surface area contributed by atoms with Gasteiger partial charge in [-0.3, -0.25) is 4.90 Å². The van der Waals surface area contributed by atoms with Crippen LogP contribution in [0, 0.1) is 0 Å². The molecule has 3 rings (SSSR count). The third-order valence-electron chi connectivity index (χ3n) is 5.71. The average molecular weight is 525 g/mol. The van der Waals surface area contributed by atoms with Crippen molar-refractivity contribution in [2.75, 3.05) is 31.2 Å². The molecule has 0 heterocycles. The van der Waals surface area contributed by atoms with Crippen LogP contribution in [-0.4, -0.2) is 49.5 Å². The second-order valence-corrected chi connectivity index (χ2v) is 8.86. The van der Waals surface area contributed by atoms with E-state index in [0.717, 1.165) is 24.1 Å². The van der Waals surface area contributed by atoms with Crippen molar-refractivity contribution in [2.45, 2.75) is 32.3 Å². The van der Waals surface area contributed by atoms with Crippen LogP contribution in [0.3, 0.4) is 0 Å². The third kappa shape index (κ3) is 9.44. The maximum Gasteiger partial charge on any atom is 0.333 e. The number of halogens is 1. The smallest absolute Gasteiger partial charge is 0.333 e. The highest BCUT2D eigenvalue weighted by Gasteiger charge is 2.18. The Balaban J connectivity index is 1.49. The first-order valence-corrected chi connectivity index (χ1v) is 12.7. The monoisotopic (exact) mass is 524 g/mol. The summed E-state index contributed by atoms with van der Waals surface area (Å²) >= 11 is 6.04. The number of urea groups is 1. The topological polar surface area (TPSA) is 88.1 Å². The van der Waals surface area contributed by atoms with Crippen molar-refractivity contribution in [2.24, 2.45) is 0 Å². The van der Waals surface area contributed by atoms with E-state index in [1.165, 1.54) is 5.56 Å². The number of hydrogen-bond acceptors (Lipinski definition) is 4.